The average Bonchev–Trinajstić information content (AvgIpc) is 3.42. The second kappa shape index (κ2) is 9.71. The van der Waals surface area contributed by atoms with E-state index in [1.54, 1.807) is 11.8 Å². The fourth-order valence-electron chi connectivity index (χ4n) is 4.17. The Labute approximate surface area is 176 Å². The number of piperazine rings is 1. The third-order valence-corrected chi connectivity index (χ3v) is 6.85. The topological polar surface area (TPSA) is 67.2 Å². The monoisotopic (exact) mass is 414 g/mol. The van der Waals surface area contributed by atoms with Crippen LogP contribution in [0.1, 0.15) is 48.7 Å². The van der Waals surface area contributed by atoms with Gasteiger partial charge in [-0.15, -0.1) is 16.9 Å². The predicted octanol–water partition coefficient (Wildman–Crippen LogP) is 2.67. The zero-order valence-corrected chi connectivity index (χ0v) is 18.0. The first-order valence-corrected chi connectivity index (χ1v) is 11.7. The molecule has 0 spiro atoms. The van der Waals surface area contributed by atoms with Gasteiger partial charge in [0.05, 0.1) is 17.5 Å². The summed E-state index contributed by atoms with van der Waals surface area (Å²) in [5.74, 6) is 2.32. The summed E-state index contributed by atoms with van der Waals surface area (Å²) in [6.07, 6.45) is 4.83. The van der Waals surface area contributed by atoms with Gasteiger partial charge in [0.15, 0.2) is 5.82 Å². The number of nitrogens with zero attached hydrogens (tertiary/aromatic N) is 6. The number of hydrogen-bond acceptors (Lipinski definition) is 6. The molecule has 0 atom stereocenters. The van der Waals surface area contributed by atoms with Crippen LogP contribution in [-0.2, 0) is 17.1 Å². The number of tetrazole rings is 1. The quantitative estimate of drug-likeness (QED) is 0.694. The minimum atomic E-state index is 0.227. The average molecular weight is 415 g/mol. The summed E-state index contributed by atoms with van der Waals surface area (Å²) in [5.41, 5.74) is 2.63. The molecule has 1 aromatic heterocycles. The van der Waals surface area contributed by atoms with Crippen molar-refractivity contribution in [1.29, 1.82) is 0 Å². The number of aryl methyl sites for hydroxylation is 1. The molecule has 156 valence electrons. The Kier molecular flexibility index (Phi) is 6.82. The second-order valence-corrected chi connectivity index (χ2v) is 9.10. The maximum Gasteiger partial charge on any atom is 0.232 e. The van der Waals surface area contributed by atoms with E-state index in [1.165, 1.54) is 24.0 Å². The van der Waals surface area contributed by atoms with Crippen LogP contribution < -0.4 is 0 Å². The van der Waals surface area contributed by atoms with Crippen molar-refractivity contribution in [1.82, 2.24) is 30.0 Å². The van der Waals surface area contributed by atoms with E-state index >= 15 is 0 Å². The van der Waals surface area contributed by atoms with Crippen LogP contribution in [-0.4, -0.2) is 67.8 Å². The Morgan fingerprint density at radius 2 is 1.83 bits per heavy atom. The van der Waals surface area contributed by atoms with Crippen molar-refractivity contribution in [3.63, 3.8) is 0 Å². The lowest BCUT2D eigenvalue weighted by Gasteiger charge is -2.34. The summed E-state index contributed by atoms with van der Waals surface area (Å²) in [7, 11) is 0. The van der Waals surface area contributed by atoms with Gasteiger partial charge in [-0.3, -0.25) is 9.69 Å². The number of hydrogen-bond donors (Lipinski definition) is 0. The van der Waals surface area contributed by atoms with Gasteiger partial charge in [0.2, 0.25) is 5.91 Å². The largest absolute Gasteiger partial charge is 0.339 e. The first-order chi connectivity index (χ1) is 14.2. The molecule has 2 heterocycles. The van der Waals surface area contributed by atoms with E-state index in [9.17, 15) is 4.79 Å². The van der Waals surface area contributed by atoms with Crippen LogP contribution >= 0.6 is 11.8 Å². The molecule has 8 heteroatoms. The second-order valence-electron chi connectivity index (χ2n) is 8.11. The fourth-order valence-corrected chi connectivity index (χ4v) is 5.00. The van der Waals surface area contributed by atoms with E-state index in [-0.39, 0.29) is 5.91 Å². The van der Waals surface area contributed by atoms with Gasteiger partial charge in [0.25, 0.3) is 0 Å². The van der Waals surface area contributed by atoms with E-state index < -0.39 is 0 Å². The maximum absolute atomic E-state index is 12.6. The zero-order chi connectivity index (χ0) is 20.1. The van der Waals surface area contributed by atoms with E-state index in [2.05, 4.69) is 51.6 Å². The fraction of sp³-hybridized carbons (Fsp3) is 0.619. The molecular formula is C21H30N6OS. The molecule has 0 unspecified atom stereocenters. The molecule has 1 saturated heterocycles. The van der Waals surface area contributed by atoms with Crippen LogP contribution in [0, 0.1) is 6.92 Å². The number of carbonyl (C=O) groups is 1. The van der Waals surface area contributed by atoms with Crippen molar-refractivity contribution in [2.75, 3.05) is 31.9 Å². The Balaban J connectivity index is 1.18. The third-order valence-electron chi connectivity index (χ3n) is 5.94. The third kappa shape index (κ3) is 5.36. The Morgan fingerprint density at radius 1 is 1.10 bits per heavy atom. The van der Waals surface area contributed by atoms with Crippen LogP contribution in [0.25, 0.3) is 0 Å². The highest BCUT2D eigenvalue weighted by molar-refractivity contribution is 7.99. The van der Waals surface area contributed by atoms with Crippen LogP contribution in [0.2, 0.25) is 0 Å². The Morgan fingerprint density at radius 3 is 2.55 bits per heavy atom. The summed E-state index contributed by atoms with van der Waals surface area (Å²) in [6.45, 7) is 6.56. The molecule has 1 aliphatic carbocycles. The van der Waals surface area contributed by atoms with Crippen molar-refractivity contribution in [3.8, 4) is 0 Å². The van der Waals surface area contributed by atoms with E-state index in [0.717, 1.165) is 51.4 Å². The van der Waals surface area contributed by atoms with Crippen molar-refractivity contribution in [2.45, 2.75) is 50.9 Å². The summed E-state index contributed by atoms with van der Waals surface area (Å²) < 4.78 is 1.98. The van der Waals surface area contributed by atoms with Crippen molar-refractivity contribution in [2.24, 2.45) is 0 Å². The van der Waals surface area contributed by atoms with E-state index in [4.69, 9.17) is 0 Å². The molecule has 4 rings (SSSR count). The van der Waals surface area contributed by atoms with Gasteiger partial charge in [-0.1, -0.05) is 42.7 Å². The van der Waals surface area contributed by atoms with Gasteiger partial charge in [-0.25, -0.2) is 4.68 Å². The number of aromatic nitrogens is 4. The standard InChI is InChI=1S/C21H30N6OS/c1-17-6-8-18(9-7-17)14-25-10-12-26(13-11-25)21(28)16-29-15-20-22-23-24-27(20)19-4-2-3-5-19/h6-9,19H,2-5,10-16H2,1H3. The van der Waals surface area contributed by atoms with Gasteiger partial charge >= 0.3 is 0 Å². The highest BCUT2D eigenvalue weighted by Gasteiger charge is 2.23. The molecule has 1 aliphatic heterocycles. The highest BCUT2D eigenvalue weighted by Crippen LogP contribution is 2.29. The zero-order valence-electron chi connectivity index (χ0n) is 17.2. The highest BCUT2D eigenvalue weighted by atomic mass is 32.2. The number of benzene rings is 1. The minimum absolute atomic E-state index is 0.227. The van der Waals surface area contributed by atoms with E-state index in [1.807, 2.05) is 9.58 Å². The molecule has 29 heavy (non-hydrogen) atoms. The summed E-state index contributed by atoms with van der Waals surface area (Å²) in [6, 6.07) is 9.16. The SMILES string of the molecule is Cc1ccc(CN2CCN(C(=O)CSCc3nnnn3C3CCCC3)CC2)cc1. The van der Waals surface area contributed by atoms with Crippen LogP contribution in [0.4, 0.5) is 0 Å². The lowest BCUT2D eigenvalue weighted by atomic mass is 10.1. The molecular weight excluding hydrogens is 384 g/mol. The maximum atomic E-state index is 12.6. The minimum Gasteiger partial charge on any atom is -0.339 e. The van der Waals surface area contributed by atoms with Gasteiger partial charge in [0, 0.05) is 32.7 Å². The molecule has 1 amide bonds. The summed E-state index contributed by atoms with van der Waals surface area (Å²) >= 11 is 1.62. The number of rotatable bonds is 7. The molecule has 2 aromatic rings. The molecule has 2 aliphatic rings. The molecule has 0 radical (unpaired) electrons. The first kappa shape index (κ1) is 20.3. The normalized spacial score (nSPS) is 18.4. The molecule has 7 nitrogen and oxygen atoms in total. The Hall–Kier alpha value is -1.93. The van der Waals surface area contributed by atoms with Crippen molar-refractivity contribution in [3.05, 3.63) is 41.2 Å². The Bertz CT molecular complexity index is 794. The van der Waals surface area contributed by atoms with Crippen molar-refractivity contribution >= 4 is 17.7 Å². The summed E-state index contributed by atoms with van der Waals surface area (Å²) in [5, 5.41) is 12.2. The molecule has 1 saturated carbocycles. The lowest BCUT2D eigenvalue weighted by Crippen LogP contribution is -2.48. The smallest absolute Gasteiger partial charge is 0.232 e. The van der Waals surface area contributed by atoms with Crippen LogP contribution in [0.15, 0.2) is 24.3 Å². The first-order valence-electron chi connectivity index (χ1n) is 10.6. The van der Waals surface area contributed by atoms with Gasteiger partial charge < -0.3 is 4.90 Å². The molecule has 0 bridgehead atoms. The summed E-state index contributed by atoms with van der Waals surface area (Å²) in [4.78, 5) is 17.0. The lowest BCUT2D eigenvalue weighted by molar-refractivity contribution is -0.130. The van der Waals surface area contributed by atoms with Crippen LogP contribution in [0.5, 0.6) is 0 Å². The van der Waals surface area contributed by atoms with Gasteiger partial charge in [-0.05, 0) is 35.8 Å². The van der Waals surface area contributed by atoms with Gasteiger partial charge in [0.1, 0.15) is 0 Å². The van der Waals surface area contributed by atoms with Crippen molar-refractivity contribution < 1.29 is 4.79 Å². The number of amides is 1. The number of thioether (sulfide) groups is 1. The predicted molar refractivity (Wildman–Crippen MR) is 115 cm³/mol. The van der Waals surface area contributed by atoms with Gasteiger partial charge in [-0.2, -0.15) is 0 Å². The van der Waals surface area contributed by atoms with Crippen LogP contribution in [0.3, 0.4) is 0 Å². The molecule has 2 fully saturated rings. The molecule has 0 N–H and O–H groups in total. The molecule has 1 aromatic carbocycles. The number of carbonyl (C=O) groups excluding carboxylic acids is 1. The van der Waals surface area contributed by atoms with E-state index in [0.29, 0.717) is 17.5 Å².